The number of furan rings is 1. The fourth-order valence-electron chi connectivity index (χ4n) is 3.86. The zero-order valence-corrected chi connectivity index (χ0v) is 20.0. The van der Waals surface area contributed by atoms with Crippen LogP contribution in [0.1, 0.15) is 11.3 Å². The molecular formula is C25H21Cl2N3O2S. The number of carbonyl (C=O) groups excluding carboxylic acids is 1. The largest absolute Gasteiger partial charge is 0.457 e. The summed E-state index contributed by atoms with van der Waals surface area (Å²) in [6.45, 7) is 4.50. The number of hydrogen-bond donors (Lipinski definition) is 0. The van der Waals surface area contributed by atoms with Gasteiger partial charge in [-0.25, -0.2) is 0 Å². The van der Waals surface area contributed by atoms with Crippen LogP contribution in [0.3, 0.4) is 0 Å². The van der Waals surface area contributed by atoms with Crippen molar-refractivity contribution in [3.8, 4) is 11.3 Å². The van der Waals surface area contributed by atoms with E-state index < -0.39 is 0 Å². The van der Waals surface area contributed by atoms with Gasteiger partial charge in [-0.15, -0.1) is 0 Å². The molecule has 3 aromatic rings. The summed E-state index contributed by atoms with van der Waals surface area (Å²) >= 11 is 13.8. The Morgan fingerprint density at radius 3 is 2.58 bits per heavy atom. The van der Waals surface area contributed by atoms with E-state index in [1.807, 2.05) is 18.2 Å². The minimum absolute atomic E-state index is 0.236. The van der Waals surface area contributed by atoms with Gasteiger partial charge in [-0.3, -0.25) is 9.69 Å². The van der Waals surface area contributed by atoms with Gasteiger partial charge < -0.3 is 9.32 Å². The second-order valence-electron chi connectivity index (χ2n) is 7.89. The molecule has 0 bridgehead atoms. The van der Waals surface area contributed by atoms with Crippen molar-refractivity contribution in [3.63, 3.8) is 0 Å². The van der Waals surface area contributed by atoms with Crippen LogP contribution in [0.4, 0.5) is 0 Å². The second kappa shape index (κ2) is 9.77. The number of hydrogen-bond acceptors (Lipinski definition) is 5. The Kier molecular flexibility index (Phi) is 6.60. The van der Waals surface area contributed by atoms with Gasteiger partial charge in [0, 0.05) is 49.4 Å². The van der Waals surface area contributed by atoms with Crippen molar-refractivity contribution < 1.29 is 9.21 Å². The average molecular weight is 498 g/mol. The van der Waals surface area contributed by atoms with Crippen molar-refractivity contribution in [1.29, 1.82) is 0 Å². The Hall–Kier alpha value is -2.51. The fraction of sp³-hybridized carbons (Fsp3) is 0.200. The molecule has 1 aromatic heterocycles. The third-order valence-corrected chi connectivity index (χ3v) is 7.20. The first kappa shape index (κ1) is 22.3. The van der Waals surface area contributed by atoms with E-state index in [1.54, 1.807) is 24.3 Å². The molecule has 168 valence electrons. The first-order valence-corrected chi connectivity index (χ1v) is 12.2. The summed E-state index contributed by atoms with van der Waals surface area (Å²) in [6.07, 6.45) is 1.73. The summed E-state index contributed by atoms with van der Waals surface area (Å²) in [5, 5.41) is 1.89. The number of amides is 1. The topological polar surface area (TPSA) is 49.1 Å². The molecule has 5 nitrogen and oxygen atoms in total. The number of benzene rings is 2. The summed E-state index contributed by atoms with van der Waals surface area (Å²) < 4.78 is 5.91. The predicted octanol–water partition coefficient (Wildman–Crippen LogP) is 6.04. The van der Waals surface area contributed by atoms with Crippen LogP contribution in [-0.4, -0.2) is 47.1 Å². The number of amidine groups is 1. The molecule has 0 atom stereocenters. The van der Waals surface area contributed by atoms with E-state index in [0.717, 1.165) is 37.9 Å². The zero-order valence-electron chi connectivity index (χ0n) is 17.7. The highest BCUT2D eigenvalue weighted by atomic mass is 35.5. The Morgan fingerprint density at radius 1 is 1.00 bits per heavy atom. The summed E-state index contributed by atoms with van der Waals surface area (Å²) in [5.41, 5.74) is 2.03. The summed E-state index contributed by atoms with van der Waals surface area (Å²) in [5.74, 6) is 0.932. The first-order chi connectivity index (χ1) is 16.0. The van der Waals surface area contributed by atoms with E-state index in [0.29, 0.717) is 32.0 Å². The molecule has 1 amide bonds. The number of nitrogens with zero attached hydrogens (tertiary/aromatic N) is 3. The molecule has 5 rings (SSSR count). The van der Waals surface area contributed by atoms with Crippen LogP contribution in [0.25, 0.3) is 17.4 Å². The van der Waals surface area contributed by atoms with E-state index in [9.17, 15) is 4.79 Å². The number of carbonyl (C=O) groups is 1. The van der Waals surface area contributed by atoms with Crippen molar-refractivity contribution in [2.24, 2.45) is 4.99 Å². The maximum Gasteiger partial charge on any atom is 0.286 e. The molecule has 2 aliphatic rings. The standard InChI is InChI=1S/C25H21Cl2N3O2S/c26-18-6-8-21(27)20(14-18)22-9-7-19(32-22)15-23-24(31)28-25(33-23)30-12-10-29(11-13-30)16-17-4-2-1-3-5-17/h1-9,14-15H,10-13,16H2. The normalized spacial score (nSPS) is 18.2. The lowest BCUT2D eigenvalue weighted by Gasteiger charge is -2.35. The lowest BCUT2D eigenvalue weighted by Crippen LogP contribution is -2.47. The first-order valence-electron chi connectivity index (χ1n) is 10.6. The molecule has 1 saturated heterocycles. The monoisotopic (exact) mass is 497 g/mol. The van der Waals surface area contributed by atoms with Crippen molar-refractivity contribution in [2.75, 3.05) is 26.2 Å². The van der Waals surface area contributed by atoms with Crippen LogP contribution in [0.5, 0.6) is 0 Å². The molecule has 0 radical (unpaired) electrons. The SMILES string of the molecule is O=C1N=C(N2CCN(Cc3ccccc3)CC2)SC1=Cc1ccc(-c2cc(Cl)ccc2Cl)o1. The minimum atomic E-state index is -0.236. The highest BCUT2D eigenvalue weighted by Crippen LogP contribution is 2.34. The number of rotatable bonds is 4. The molecule has 0 N–H and O–H groups in total. The molecule has 0 spiro atoms. The van der Waals surface area contributed by atoms with E-state index in [1.165, 1.54) is 17.3 Å². The smallest absolute Gasteiger partial charge is 0.286 e. The third kappa shape index (κ3) is 5.20. The molecule has 0 unspecified atom stereocenters. The lowest BCUT2D eigenvalue weighted by atomic mass is 10.2. The molecule has 33 heavy (non-hydrogen) atoms. The van der Waals surface area contributed by atoms with Crippen molar-refractivity contribution in [1.82, 2.24) is 9.80 Å². The molecule has 0 saturated carbocycles. The number of piperazine rings is 1. The molecule has 0 aliphatic carbocycles. The third-order valence-electron chi connectivity index (χ3n) is 5.60. The highest BCUT2D eigenvalue weighted by Gasteiger charge is 2.28. The van der Waals surface area contributed by atoms with Crippen molar-refractivity contribution in [2.45, 2.75) is 6.54 Å². The quantitative estimate of drug-likeness (QED) is 0.411. The maximum atomic E-state index is 12.5. The Bertz CT molecular complexity index is 1230. The Morgan fingerprint density at radius 2 is 1.79 bits per heavy atom. The average Bonchev–Trinajstić information content (AvgIpc) is 3.44. The summed E-state index contributed by atoms with van der Waals surface area (Å²) in [4.78, 5) is 22.0. The molecule has 3 heterocycles. The number of thioether (sulfide) groups is 1. The second-order valence-corrected chi connectivity index (χ2v) is 9.74. The van der Waals surface area contributed by atoms with Crippen molar-refractivity contribution >= 4 is 52.1 Å². The van der Waals surface area contributed by atoms with Gasteiger partial charge in [0.2, 0.25) is 0 Å². The Labute approximate surface area is 206 Å². The molecule has 1 fully saturated rings. The van der Waals surface area contributed by atoms with E-state index >= 15 is 0 Å². The van der Waals surface area contributed by atoms with Gasteiger partial charge >= 0.3 is 0 Å². The molecular weight excluding hydrogens is 477 g/mol. The van der Waals surface area contributed by atoms with Gasteiger partial charge in [-0.05, 0) is 47.7 Å². The zero-order chi connectivity index (χ0) is 22.8. The van der Waals surface area contributed by atoms with Crippen LogP contribution in [0.2, 0.25) is 10.0 Å². The lowest BCUT2D eigenvalue weighted by molar-refractivity contribution is -0.113. The van der Waals surface area contributed by atoms with Gasteiger partial charge in [-0.2, -0.15) is 4.99 Å². The number of aliphatic imine (C=N–C) groups is 1. The van der Waals surface area contributed by atoms with E-state index in [4.69, 9.17) is 27.6 Å². The summed E-state index contributed by atoms with van der Waals surface area (Å²) in [6, 6.07) is 19.3. The van der Waals surface area contributed by atoms with Gasteiger partial charge in [0.05, 0.1) is 9.93 Å². The van der Waals surface area contributed by atoms with Gasteiger partial charge in [0.1, 0.15) is 11.5 Å². The van der Waals surface area contributed by atoms with Gasteiger partial charge in [0.15, 0.2) is 5.17 Å². The molecule has 2 aliphatic heterocycles. The van der Waals surface area contributed by atoms with Crippen LogP contribution in [0, 0.1) is 0 Å². The van der Waals surface area contributed by atoms with E-state index in [2.05, 4.69) is 39.1 Å². The molecule has 2 aromatic carbocycles. The Balaban J connectivity index is 1.22. The van der Waals surface area contributed by atoms with Gasteiger partial charge in [-0.1, -0.05) is 53.5 Å². The highest BCUT2D eigenvalue weighted by molar-refractivity contribution is 8.18. The summed E-state index contributed by atoms with van der Waals surface area (Å²) in [7, 11) is 0. The van der Waals surface area contributed by atoms with Crippen LogP contribution in [-0.2, 0) is 11.3 Å². The van der Waals surface area contributed by atoms with Crippen molar-refractivity contribution in [3.05, 3.63) is 86.9 Å². The fourth-order valence-corrected chi connectivity index (χ4v) is 5.19. The van der Waals surface area contributed by atoms with Crippen LogP contribution >= 0.6 is 35.0 Å². The van der Waals surface area contributed by atoms with Gasteiger partial charge in [0.25, 0.3) is 5.91 Å². The van der Waals surface area contributed by atoms with E-state index in [-0.39, 0.29) is 5.91 Å². The number of halogens is 2. The van der Waals surface area contributed by atoms with Crippen LogP contribution in [0.15, 0.2) is 75.0 Å². The molecule has 8 heteroatoms. The predicted molar refractivity (Wildman–Crippen MR) is 135 cm³/mol. The maximum absolute atomic E-state index is 12.5. The van der Waals surface area contributed by atoms with Crippen LogP contribution < -0.4 is 0 Å². The minimum Gasteiger partial charge on any atom is -0.457 e.